The minimum atomic E-state index is -0.636. The highest BCUT2D eigenvalue weighted by atomic mass is 16.5. The van der Waals surface area contributed by atoms with Gasteiger partial charge in [-0.05, 0) is 30.7 Å². The number of hydrogen-bond acceptors (Lipinski definition) is 6. The molecule has 5 N–H and O–H groups in total. The molecular weight excluding hydrogens is 382 g/mol. The molecular formula is C22H19N5O3. The van der Waals surface area contributed by atoms with Gasteiger partial charge in [-0.1, -0.05) is 24.3 Å². The number of aromatic hydroxyl groups is 1. The number of amides is 1. The second-order valence-electron chi connectivity index (χ2n) is 7.04. The van der Waals surface area contributed by atoms with Crippen LogP contribution in [0.5, 0.6) is 11.5 Å². The molecule has 0 bridgehead atoms. The molecule has 5 rings (SSSR count). The van der Waals surface area contributed by atoms with Gasteiger partial charge in [0.05, 0.1) is 12.6 Å². The Labute approximate surface area is 171 Å². The van der Waals surface area contributed by atoms with Crippen LogP contribution >= 0.6 is 0 Å². The number of carbonyl (C=O) groups is 1. The number of fused-ring (bicyclic) bond motifs is 2. The summed E-state index contributed by atoms with van der Waals surface area (Å²) in [6.07, 6.45) is 1.85. The second kappa shape index (κ2) is 6.77. The standard InChI is InChI=1S/C22H19N5O3/c1-2-30-16-9-11(7-8-15(16)28)19-13-10-24-22-18(13)17(20(21(23)29)26-27-22)12-5-3-4-6-14(12)25-19/h3-10,19,25,28H,2H2,1H3,(H2,23,29)(H,24,27). The molecule has 1 aliphatic rings. The average molecular weight is 401 g/mol. The lowest BCUT2D eigenvalue weighted by Crippen LogP contribution is -2.15. The highest BCUT2D eigenvalue weighted by Crippen LogP contribution is 2.45. The molecule has 0 aliphatic carbocycles. The Bertz CT molecular complexity index is 1300. The summed E-state index contributed by atoms with van der Waals surface area (Å²) in [5, 5.41) is 22.7. The van der Waals surface area contributed by atoms with Crippen molar-refractivity contribution in [3.8, 4) is 22.6 Å². The van der Waals surface area contributed by atoms with Crippen molar-refractivity contribution < 1.29 is 14.6 Å². The number of aromatic amines is 1. The number of nitrogens with one attached hydrogen (secondary N) is 2. The number of nitrogens with zero attached hydrogens (tertiary/aromatic N) is 2. The first-order chi connectivity index (χ1) is 14.6. The largest absolute Gasteiger partial charge is 0.504 e. The number of primary amides is 1. The summed E-state index contributed by atoms with van der Waals surface area (Å²) in [4.78, 5) is 15.3. The highest BCUT2D eigenvalue weighted by molar-refractivity contribution is 6.10. The topological polar surface area (TPSA) is 126 Å². The van der Waals surface area contributed by atoms with E-state index in [0.29, 0.717) is 23.6 Å². The zero-order valence-corrected chi connectivity index (χ0v) is 16.1. The van der Waals surface area contributed by atoms with Crippen molar-refractivity contribution in [3.05, 3.63) is 65.5 Å². The number of phenolic OH excluding ortho intramolecular Hbond substituents is 1. The number of anilines is 1. The molecule has 2 aromatic carbocycles. The summed E-state index contributed by atoms with van der Waals surface area (Å²) >= 11 is 0. The lowest BCUT2D eigenvalue weighted by molar-refractivity contribution is 0.0995. The quantitative estimate of drug-likeness (QED) is 0.415. The lowest BCUT2D eigenvalue weighted by Gasteiger charge is -2.20. The molecule has 1 aliphatic heterocycles. The van der Waals surface area contributed by atoms with Gasteiger partial charge in [-0.25, -0.2) is 0 Å². The third-order valence-corrected chi connectivity index (χ3v) is 5.28. The van der Waals surface area contributed by atoms with Crippen LogP contribution in [-0.4, -0.2) is 32.8 Å². The number of para-hydroxylation sites is 1. The molecule has 3 heterocycles. The molecule has 0 fully saturated rings. The van der Waals surface area contributed by atoms with Gasteiger partial charge in [0.1, 0.15) is 0 Å². The second-order valence-corrected chi connectivity index (χ2v) is 7.04. The van der Waals surface area contributed by atoms with E-state index in [1.54, 1.807) is 6.07 Å². The van der Waals surface area contributed by atoms with E-state index >= 15 is 0 Å². The zero-order valence-electron chi connectivity index (χ0n) is 16.1. The van der Waals surface area contributed by atoms with Crippen LogP contribution in [0.25, 0.3) is 22.2 Å². The molecule has 1 amide bonds. The molecule has 0 radical (unpaired) electrons. The summed E-state index contributed by atoms with van der Waals surface area (Å²) in [6.45, 7) is 2.30. The maximum atomic E-state index is 12.2. The summed E-state index contributed by atoms with van der Waals surface area (Å²) in [6, 6.07) is 12.7. The summed E-state index contributed by atoms with van der Waals surface area (Å²) < 4.78 is 5.57. The number of benzene rings is 2. The predicted molar refractivity (Wildman–Crippen MR) is 113 cm³/mol. The highest BCUT2D eigenvalue weighted by Gasteiger charge is 2.30. The Morgan fingerprint density at radius 2 is 2.07 bits per heavy atom. The van der Waals surface area contributed by atoms with Crippen LogP contribution in [0.2, 0.25) is 0 Å². The van der Waals surface area contributed by atoms with Crippen LogP contribution in [0.1, 0.15) is 34.6 Å². The fourth-order valence-corrected chi connectivity index (χ4v) is 4.00. The van der Waals surface area contributed by atoms with E-state index in [4.69, 9.17) is 10.5 Å². The monoisotopic (exact) mass is 401 g/mol. The Hall–Kier alpha value is -4.07. The van der Waals surface area contributed by atoms with Gasteiger partial charge in [-0.3, -0.25) is 4.79 Å². The number of phenols is 1. The van der Waals surface area contributed by atoms with Crippen molar-refractivity contribution in [1.82, 2.24) is 15.2 Å². The van der Waals surface area contributed by atoms with Gasteiger partial charge < -0.3 is 25.9 Å². The number of aromatic nitrogens is 3. The number of carbonyl (C=O) groups excluding carboxylic acids is 1. The van der Waals surface area contributed by atoms with Crippen LogP contribution in [-0.2, 0) is 0 Å². The normalized spacial score (nSPS) is 14.6. The Balaban J connectivity index is 1.82. The van der Waals surface area contributed by atoms with Gasteiger partial charge >= 0.3 is 0 Å². The molecule has 150 valence electrons. The lowest BCUT2D eigenvalue weighted by atomic mass is 9.95. The van der Waals surface area contributed by atoms with Gasteiger partial charge in [0.2, 0.25) is 0 Å². The fourth-order valence-electron chi connectivity index (χ4n) is 4.00. The van der Waals surface area contributed by atoms with Crippen molar-refractivity contribution in [2.45, 2.75) is 13.0 Å². The van der Waals surface area contributed by atoms with E-state index in [2.05, 4.69) is 20.5 Å². The minimum Gasteiger partial charge on any atom is -0.504 e. The molecule has 8 heteroatoms. The molecule has 0 spiro atoms. The molecule has 4 aromatic rings. The number of rotatable bonds is 4. The van der Waals surface area contributed by atoms with Crippen LogP contribution in [0.4, 0.5) is 5.69 Å². The summed E-state index contributed by atoms with van der Waals surface area (Å²) in [5.74, 6) is -0.147. The van der Waals surface area contributed by atoms with E-state index < -0.39 is 5.91 Å². The van der Waals surface area contributed by atoms with Crippen LogP contribution in [0.3, 0.4) is 0 Å². The van der Waals surface area contributed by atoms with Gasteiger partial charge in [0.25, 0.3) is 5.91 Å². The van der Waals surface area contributed by atoms with Crippen molar-refractivity contribution in [2.75, 3.05) is 11.9 Å². The predicted octanol–water partition coefficient (Wildman–Crippen LogP) is 3.34. The minimum absolute atomic E-state index is 0.0797. The molecule has 0 saturated heterocycles. The molecule has 1 atom stereocenters. The van der Waals surface area contributed by atoms with Crippen molar-refractivity contribution in [2.24, 2.45) is 5.73 Å². The number of nitrogens with two attached hydrogens (primary N) is 1. The molecule has 2 aromatic heterocycles. The van der Waals surface area contributed by atoms with Crippen LogP contribution in [0, 0.1) is 0 Å². The maximum absolute atomic E-state index is 12.2. The van der Waals surface area contributed by atoms with E-state index in [1.165, 1.54) is 0 Å². The third kappa shape index (κ3) is 2.65. The van der Waals surface area contributed by atoms with E-state index in [0.717, 1.165) is 27.8 Å². The van der Waals surface area contributed by atoms with E-state index in [-0.39, 0.29) is 17.5 Å². The maximum Gasteiger partial charge on any atom is 0.269 e. The summed E-state index contributed by atoms with van der Waals surface area (Å²) in [7, 11) is 0. The zero-order chi connectivity index (χ0) is 20.8. The third-order valence-electron chi connectivity index (χ3n) is 5.28. The first kappa shape index (κ1) is 18.0. The molecule has 8 nitrogen and oxygen atoms in total. The SMILES string of the molecule is CCOc1cc(C2Nc3ccccc3-c3c(C(N)=O)nnc4[nH]cc2c34)ccc1O. The summed E-state index contributed by atoms with van der Waals surface area (Å²) in [5.41, 5.74) is 10.4. The van der Waals surface area contributed by atoms with Crippen molar-refractivity contribution in [3.63, 3.8) is 0 Å². The first-order valence-corrected chi connectivity index (χ1v) is 9.57. The average Bonchev–Trinajstić information content (AvgIpc) is 3.11. The van der Waals surface area contributed by atoms with E-state index in [9.17, 15) is 9.90 Å². The van der Waals surface area contributed by atoms with Crippen molar-refractivity contribution >= 4 is 22.6 Å². The van der Waals surface area contributed by atoms with Gasteiger partial charge in [0.15, 0.2) is 22.8 Å². The molecule has 30 heavy (non-hydrogen) atoms. The van der Waals surface area contributed by atoms with Gasteiger partial charge in [-0.2, -0.15) is 0 Å². The molecule has 0 saturated carbocycles. The number of H-pyrrole nitrogens is 1. The smallest absolute Gasteiger partial charge is 0.269 e. The fraction of sp³-hybridized carbons (Fsp3) is 0.136. The van der Waals surface area contributed by atoms with E-state index in [1.807, 2.05) is 49.5 Å². The molecule has 1 unspecified atom stereocenters. The van der Waals surface area contributed by atoms with Crippen molar-refractivity contribution in [1.29, 1.82) is 0 Å². The van der Waals surface area contributed by atoms with Gasteiger partial charge in [0, 0.05) is 34.0 Å². The Kier molecular flexibility index (Phi) is 4.06. The van der Waals surface area contributed by atoms with Crippen LogP contribution in [0.15, 0.2) is 48.7 Å². The number of ether oxygens (including phenoxy) is 1. The first-order valence-electron chi connectivity index (χ1n) is 9.57. The Morgan fingerprint density at radius 3 is 2.87 bits per heavy atom. The van der Waals surface area contributed by atoms with Gasteiger partial charge in [-0.15, -0.1) is 10.2 Å². The Morgan fingerprint density at radius 1 is 1.23 bits per heavy atom. The number of hydrogen-bond donors (Lipinski definition) is 4. The van der Waals surface area contributed by atoms with Crippen LogP contribution < -0.4 is 15.8 Å².